The molecule has 1 aliphatic heterocycles. The Bertz CT molecular complexity index is 293. The number of likely N-dealkylation sites (N-methyl/N-ethyl adjacent to an activating group) is 1. The van der Waals surface area contributed by atoms with Crippen molar-refractivity contribution < 1.29 is 0 Å². The van der Waals surface area contributed by atoms with Crippen LogP contribution in [0.25, 0.3) is 0 Å². The van der Waals surface area contributed by atoms with Gasteiger partial charge in [-0.15, -0.1) is 0 Å². The van der Waals surface area contributed by atoms with E-state index in [1.165, 1.54) is 0 Å². The molecule has 3 nitrogen and oxygen atoms in total. The largest absolute Gasteiger partial charge is 0.356 e. The molecule has 1 aromatic heterocycles. The van der Waals surface area contributed by atoms with Gasteiger partial charge in [-0.2, -0.15) is 0 Å². The predicted molar refractivity (Wildman–Crippen MR) is 59.6 cm³/mol. The van der Waals surface area contributed by atoms with E-state index >= 15 is 0 Å². The van der Waals surface area contributed by atoms with Crippen LogP contribution in [0.2, 0.25) is 0 Å². The van der Waals surface area contributed by atoms with E-state index < -0.39 is 0 Å². The predicted octanol–water partition coefficient (Wildman–Crippen LogP) is 1.80. The van der Waals surface area contributed by atoms with Gasteiger partial charge in [0, 0.05) is 19.8 Å². The zero-order chi connectivity index (χ0) is 10.4. The van der Waals surface area contributed by atoms with E-state index in [4.69, 9.17) is 0 Å². The van der Waals surface area contributed by atoms with Crippen LogP contribution in [0.1, 0.15) is 19.5 Å². The van der Waals surface area contributed by atoms with E-state index in [-0.39, 0.29) is 0 Å². The first-order valence-electron chi connectivity index (χ1n) is 5.05. The number of aliphatic imine (C=N–C) groups is 1. The highest BCUT2D eigenvalue weighted by Crippen LogP contribution is 2.05. The molecule has 76 valence electrons. The second-order valence-corrected chi connectivity index (χ2v) is 2.84. The Hall–Kier alpha value is -1.38. The number of aromatic nitrogens is 1. The minimum absolute atomic E-state index is 0.891. The Morgan fingerprint density at radius 2 is 2.07 bits per heavy atom. The molecular formula is C11H17N3. The van der Waals surface area contributed by atoms with Gasteiger partial charge in [-0.3, -0.25) is 9.98 Å². The average molecular weight is 191 g/mol. The van der Waals surface area contributed by atoms with E-state index in [2.05, 4.69) is 14.9 Å². The lowest BCUT2D eigenvalue weighted by Crippen LogP contribution is -2.24. The molecule has 0 atom stereocenters. The summed E-state index contributed by atoms with van der Waals surface area (Å²) >= 11 is 0. The monoisotopic (exact) mass is 191 g/mol. The summed E-state index contributed by atoms with van der Waals surface area (Å²) in [5.74, 6) is 1.01. The molecule has 0 aromatic carbocycles. The van der Waals surface area contributed by atoms with Gasteiger partial charge in [0.05, 0.1) is 6.54 Å². The third-order valence-corrected chi connectivity index (χ3v) is 1.95. The number of hydrogen-bond donors (Lipinski definition) is 0. The molecule has 0 bridgehead atoms. The summed E-state index contributed by atoms with van der Waals surface area (Å²) in [6.45, 7) is 5.90. The summed E-state index contributed by atoms with van der Waals surface area (Å²) in [7, 11) is 2.04. The summed E-state index contributed by atoms with van der Waals surface area (Å²) in [4.78, 5) is 10.7. The topological polar surface area (TPSA) is 28.5 Å². The number of pyridine rings is 1. The third kappa shape index (κ3) is 2.31. The molecule has 0 radical (unpaired) electrons. The molecule has 0 spiro atoms. The van der Waals surface area contributed by atoms with E-state index in [0.717, 1.165) is 24.6 Å². The minimum Gasteiger partial charge on any atom is -0.356 e. The van der Waals surface area contributed by atoms with Crippen LogP contribution in [0, 0.1) is 0 Å². The summed E-state index contributed by atoms with van der Waals surface area (Å²) in [5.41, 5.74) is 0.970. The molecular weight excluding hydrogens is 174 g/mol. The Balaban J connectivity index is 0.000000461. The third-order valence-electron chi connectivity index (χ3n) is 1.95. The lowest BCUT2D eigenvalue weighted by Gasteiger charge is -2.12. The number of nitrogens with zero attached hydrogens (tertiary/aromatic N) is 3. The van der Waals surface area contributed by atoms with Crippen molar-refractivity contribution in [2.24, 2.45) is 4.99 Å². The maximum atomic E-state index is 4.37. The van der Waals surface area contributed by atoms with Crippen LogP contribution in [0.5, 0.6) is 0 Å². The van der Waals surface area contributed by atoms with Gasteiger partial charge in [0.25, 0.3) is 0 Å². The van der Waals surface area contributed by atoms with Crippen LogP contribution in [-0.2, 0) is 0 Å². The van der Waals surface area contributed by atoms with Crippen molar-refractivity contribution in [3.05, 3.63) is 30.1 Å². The molecule has 0 amide bonds. The molecule has 0 saturated carbocycles. The highest BCUT2D eigenvalue weighted by molar-refractivity contribution is 5.97. The first kappa shape index (κ1) is 10.7. The second-order valence-electron chi connectivity index (χ2n) is 2.84. The van der Waals surface area contributed by atoms with Crippen molar-refractivity contribution in [3.8, 4) is 0 Å². The smallest absolute Gasteiger partial charge is 0.149 e. The normalized spacial score (nSPS) is 14.5. The van der Waals surface area contributed by atoms with Crippen molar-refractivity contribution in [1.82, 2.24) is 9.88 Å². The second kappa shape index (κ2) is 5.37. The number of hydrogen-bond acceptors (Lipinski definition) is 3. The number of rotatable bonds is 1. The van der Waals surface area contributed by atoms with Crippen LogP contribution in [-0.4, -0.2) is 35.9 Å². The fourth-order valence-electron chi connectivity index (χ4n) is 1.30. The molecule has 1 aromatic rings. The van der Waals surface area contributed by atoms with Gasteiger partial charge in [0.15, 0.2) is 0 Å². The van der Waals surface area contributed by atoms with Crippen LogP contribution >= 0.6 is 0 Å². The van der Waals surface area contributed by atoms with E-state index in [9.17, 15) is 0 Å². The van der Waals surface area contributed by atoms with Gasteiger partial charge in [-0.05, 0) is 12.1 Å². The molecule has 0 saturated heterocycles. The fraction of sp³-hybridized carbons (Fsp3) is 0.455. The average Bonchev–Trinajstić information content (AvgIpc) is 2.69. The van der Waals surface area contributed by atoms with Gasteiger partial charge in [0.1, 0.15) is 11.5 Å². The highest BCUT2D eigenvalue weighted by Gasteiger charge is 2.14. The molecule has 2 heterocycles. The van der Waals surface area contributed by atoms with Gasteiger partial charge in [-0.25, -0.2) is 0 Å². The van der Waals surface area contributed by atoms with Crippen molar-refractivity contribution in [3.63, 3.8) is 0 Å². The van der Waals surface area contributed by atoms with Crippen molar-refractivity contribution >= 4 is 5.84 Å². The van der Waals surface area contributed by atoms with E-state index in [1.54, 1.807) is 6.20 Å². The molecule has 0 aliphatic carbocycles. The maximum Gasteiger partial charge on any atom is 0.149 e. The Morgan fingerprint density at radius 3 is 2.57 bits per heavy atom. The molecule has 14 heavy (non-hydrogen) atoms. The number of amidine groups is 1. The maximum absolute atomic E-state index is 4.37. The molecule has 0 unspecified atom stereocenters. The fourth-order valence-corrected chi connectivity index (χ4v) is 1.30. The first-order valence-corrected chi connectivity index (χ1v) is 5.05. The van der Waals surface area contributed by atoms with Crippen molar-refractivity contribution in [2.45, 2.75) is 13.8 Å². The minimum atomic E-state index is 0.891. The van der Waals surface area contributed by atoms with E-state index in [1.807, 2.05) is 39.1 Å². The first-order chi connectivity index (χ1) is 6.88. The summed E-state index contributed by atoms with van der Waals surface area (Å²) < 4.78 is 0. The SMILES string of the molecule is CC.CN1CCN=C1c1ccccn1. The molecule has 0 N–H and O–H groups in total. The van der Waals surface area contributed by atoms with Crippen LogP contribution in [0.4, 0.5) is 0 Å². The molecule has 1 aliphatic rings. The highest BCUT2D eigenvalue weighted by atomic mass is 15.2. The molecule has 0 fully saturated rings. The zero-order valence-electron chi connectivity index (χ0n) is 9.07. The summed E-state index contributed by atoms with van der Waals surface area (Å²) in [6, 6.07) is 5.89. The van der Waals surface area contributed by atoms with Crippen LogP contribution < -0.4 is 0 Å². The van der Waals surface area contributed by atoms with Gasteiger partial charge in [-0.1, -0.05) is 19.9 Å². The van der Waals surface area contributed by atoms with Gasteiger partial charge in [0.2, 0.25) is 0 Å². The summed E-state index contributed by atoms with van der Waals surface area (Å²) in [5, 5.41) is 0. The lowest BCUT2D eigenvalue weighted by atomic mass is 10.3. The quantitative estimate of drug-likeness (QED) is 0.677. The molecule has 3 heteroatoms. The van der Waals surface area contributed by atoms with Crippen molar-refractivity contribution in [2.75, 3.05) is 20.1 Å². The Morgan fingerprint density at radius 1 is 1.29 bits per heavy atom. The Labute approximate surface area is 85.5 Å². The van der Waals surface area contributed by atoms with Crippen LogP contribution in [0.15, 0.2) is 29.4 Å². The Kier molecular flexibility index (Phi) is 4.11. The van der Waals surface area contributed by atoms with Crippen molar-refractivity contribution in [1.29, 1.82) is 0 Å². The molecule has 2 rings (SSSR count). The zero-order valence-corrected chi connectivity index (χ0v) is 9.07. The van der Waals surface area contributed by atoms with Gasteiger partial charge < -0.3 is 4.90 Å². The van der Waals surface area contributed by atoms with E-state index in [0.29, 0.717) is 0 Å². The lowest BCUT2D eigenvalue weighted by molar-refractivity contribution is 0.555. The van der Waals surface area contributed by atoms with Crippen LogP contribution in [0.3, 0.4) is 0 Å². The summed E-state index contributed by atoms with van der Waals surface area (Å²) in [6.07, 6.45) is 1.80. The standard InChI is InChI=1S/C9H11N3.C2H6/c1-12-7-6-11-9(12)8-4-2-3-5-10-8;1-2/h2-5H,6-7H2,1H3;1-2H3. The van der Waals surface area contributed by atoms with Gasteiger partial charge >= 0.3 is 0 Å².